The highest BCUT2D eigenvalue weighted by Gasteiger charge is 2.24. The molecule has 0 atom stereocenters. The molecule has 3 rings (SSSR count). The minimum absolute atomic E-state index is 0.0725. The standard InChI is InChI=1S/C38H54N8O14/c1-44-14-5-26(31(50)37(44)56)34(53)41-9-7-39-11-16-46(17-12-40-8-10-42-35(54)27-6-15-45(2)38(57)32(27)51)36(55)28-4-3-25(29(48)30(28)49)33(52)43-13-19-58-21-23-60-24-22-59-20-18-47/h3-6,14-15,39-40,47-51H,7-13,16-24H2,1-2H3,(H,41,53)(H,42,54)(H,43,52). The molecule has 0 aliphatic carbocycles. The van der Waals surface area contributed by atoms with E-state index in [0.717, 1.165) is 9.13 Å². The first-order valence-corrected chi connectivity index (χ1v) is 19.0. The van der Waals surface area contributed by atoms with Crippen molar-refractivity contribution in [1.29, 1.82) is 0 Å². The minimum atomic E-state index is -0.807. The van der Waals surface area contributed by atoms with Gasteiger partial charge in [0.15, 0.2) is 23.0 Å². The van der Waals surface area contributed by atoms with Gasteiger partial charge < -0.3 is 80.4 Å². The monoisotopic (exact) mass is 846 g/mol. The van der Waals surface area contributed by atoms with Crippen LogP contribution in [-0.4, -0.2) is 168 Å². The van der Waals surface area contributed by atoms with E-state index < -0.39 is 57.7 Å². The van der Waals surface area contributed by atoms with E-state index in [0.29, 0.717) is 13.2 Å². The summed E-state index contributed by atoms with van der Waals surface area (Å²) in [6.45, 7) is 2.79. The molecular formula is C38H54N8O14. The first-order chi connectivity index (χ1) is 28.8. The molecule has 0 bridgehead atoms. The molecule has 2 aromatic heterocycles. The molecule has 4 amide bonds. The van der Waals surface area contributed by atoms with Crippen molar-refractivity contribution in [2.75, 3.05) is 105 Å². The van der Waals surface area contributed by atoms with E-state index in [1.54, 1.807) is 0 Å². The summed E-state index contributed by atoms with van der Waals surface area (Å²) in [5.74, 6) is -5.68. The number of pyridine rings is 2. The van der Waals surface area contributed by atoms with Gasteiger partial charge >= 0.3 is 0 Å². The van der Waals surface area contributed by atoms with Crippen LogP contribution in [0.3, 0.4) is 0 Å². The van der Waals surface area contributed by atoms with Crippen molar-refractivity contribution in [3.05, 3.63) is 79.6 Å². The number of aromatic nitrogens is 2. The Labute approximate surface area is 344 Å². The summed E-state index contributed by atoms with van der Waals surface area (Å²) in [4.78, 5) is 76.7. The van der Waals surface area contributed by atoms with Crippen LogP contribution < -0.4 is 37.7 Å². The third-order valence-corrected chi connectivity index (χ3v) is 8.69. The van der Waals surface area contributed by atoms with Crippen LogP contribution in [0.25, 0.3) is 0 Å². The molecule has 0 aliphatic heterocycles. The van der Waals surface area contributed by atoms with Gasteiger partial charge in [0.2, 0.25) is 0 Å². The molecule has 60 heavy (non-hydrogen) atoms. The molecule has 0 aliphatic rings. The average molecular weight is 847 g/mol. The Morgan fingerprint density at radius 2 is 0.933 bits per heavy atom. The number of hydrogen-bond donors (Lipinski definition) is 10. The molecular weight excluding hydrogens is 792 g/mol. The topological polar surface area (TPSA) is 305 Å². The van der Waals surface area contributed by atoms with Crippen LogP contribution in [0.1, 0.15) is 41.4 Å². The van der Waals surface area contributed by atoms with E-state index in [1.807, 2.05) is 0 Å². The zero-order valence-electron chi connectivity index (χ0n) is 33.5. The van der Waals surface area contributed by atoms with Crippen LogP contribution in [0.15, 0.2) is 46.2 Å². The number of carbonyl (C=O) groups is 4. The molecule has 0 radical (unpaired) electrons. The normalized spacial score (nSPS) is 11.0. The van der Waals surface area contributed by atoms with Gasteiger partial charge in [0.25, 0.3) is 34.7 Å². The number of aliphatic hydroxyl groups excluding tert-OH is 1. The lowest BCUT2D eigenvalue weighted by atomic mass is 10.1. The van der Waals surface area contributed by atoms with Crippen LogP contribution in [0, 0.1) is 0 Å². The Hall–Kier alpha value is -6.04. The Morgan fingerprint density at radius 1 is 0.533 bits per heavy atom. The van der Waals surface area contributed by atoms with E-state index in [4.69, 9.17) is 19.3 Å². The summed E-state index contributed by atoms with van der Waals surface area (Å²) in [5, 5.41) is 64.2. The third-order valence-electron chi connectivity index (χ3n) is 8.69. The summed E-state index contributed by atoms with van der Waals surface area (Å²) in [6, 6.07) is 5.03. The number of phenols is 2. The molecule has 0 saturated heterocycles. The number of rotatable bonds is 27. The quantitative estimate of drug-likeness (QED) is 0.0273. The zero-order chi connectivity index (χ0) is 44.0. The predicted molar refractivity (Wildman–Crippen MR) is 215 cm³/mol. The van der Waals surface area contributed by atoms with Crippen LogP contribution >= 0.6 is 0 Å². The molecule has 0 fully saturated rings. The van der Waals surface area contributed by atoms with E-state index in [-0.39, 0.29) is 114 Å². The largest absolute Gasteiger partial charge is 0.504 e. The molecule has 1 aromatic carbocycles. The van der Waals surface area contributed by atoms with Crippen LogP contribution in [0.4, 0.5) is 0 Å². The van der Waals surface area contributed by atoms with Crippen molar-refractivity contribution < 1.29 is 58.9 Å². The highest BCUT2D eigenvalue weighted by Crippen LogP contribution is 2.33. The Morgan fingerprint density at radius 3 is 1.42 bits per heavy atom. The van der Waals surface area contributed by atoms with Crippen molar-refractivity contribution in [2.24, 2.45) is 14.1 Å². The maximum Gasteiger partial charge on any atom is 0.293 e. The summed E-state index contributed by atoms with van der Waals surface area (Å²) in [7, 11) is 2.87. The number of aryl methyl sites for hydroxylation is 2. The third kappa shape index (κ3) is 14.7. The average Bonchev–Trinajstić information content (AvgIpc) is 3.23. The Kier molecular flexibility index (Phi) is 20.5. The van der Waals surface area contributed by atoms with Crippen molar-refractivity contribution in [3.8, 4) is 23.0 Å². The van der Waals surface area contributed by atoms with Gasteiger partial charge in [-0.15, -0.1) is 0 Å². The summed E-state index contributed by atoms with van der Waals surface area (Å²) < 4.78 is 18.0. The van der Waals surface area contributed by atoms with E-state index in [9.17, 15) is 49.2 Å². The maximum atomic E-state index is 13.7. The van der Waals surface area contributed by atoms with Crippen molar-refractivity contribution in [3.63, 3.8) is 0 Å². The molecule has 3 aromatic rings. The smallest absolute Gasteiger partial charge is 0.293 e. The Bertz CT molecular complexity index is 1930. The summed E-state index contributed by atoms with van der Waals surface area (Å²) in [6.07, 6.45) is 2.70. The van der Waals surface area contributed by atoms with E-state index >= 15 is 0 Å². The van der Waals surface area contributed by atoms with Gasteiger partial charge in [-0.1, -0.05) is 0 Å². The molecule has 0 spiro atoms. The number of amides is 4. The maximum absolute atomic E-state index is 13.7. The van der Waals surface area contributed by atoms with Gasteiger partial charge in [-0.3, -0.25) is 28.8 Å². The first-order valence-electron chi connectivity index (χ1n) is 19.0. The van der Waals surface area contributed by atoms with E-state index in [1.165, 1.54) is 55.7 Å². The second-order valence-electron chi connectivity index (χ2n) is 13.0. The van der Waals surface area contributed by atoms with Gasteiger partial charge in [0.05, 0.1) is 68.5 Å². The molecule has 0 saturated carbocycles. The highest BCUT2D eigenvalue weighted by atomic mass is 16.5. The number of aliphatic hydroxyl groups is 1. The summed E-state index contributed by atoms with van der Waals surface area (Å²) in [5.41, 5.74) is -2.36. The lowest BCUT2D eigenvalue weighted by molar-refractivity contribution is 0.00824. The van der Waals surface area contributed by atoms with Gasteiger partial charge in [-0.2, -0.15) is 0 Å². The molecule has 330 valence electrons. The second kappa shape index (κ2) is 25.4. The zero-order valence-corrected chi connectivity index (χ0v) is 33.5. The highest BCUT2D eigenvalue weighted by molar-refractivity contribution is 6.03. The fourth-order valence-corrected chi connectivity index (χ4v) is 5.35. The van der Waals surface area contributed by atoms with E-state index in [2.05, 4.69) is 26.6 Å². The predicted octanol–water partition coefficient (Wildman–Crippen LogP) is -2.84. The number of nitrogens with zero attached hydrogens (tertiary/aromatic N) is 3. The number of hydrogen-bond acceptors (Lipinski definition) is 16. The van der Waals surface area contributed by atoms with Gasteiger partial charge in [-0.25, -0.2) is 0 Å². The molecule has 0 unspecified atom stereocenters. The van der Waals surface area contributed by atoms with Crippen LogP contribution in [-0.2, 0) is 28.3 Å². The molecule has 22 nitrogen and oxygen atoms in total. The van der Waals surface area contributed by atoms with Crippen molar-refractivity contribution in [2.45, 2.75) is 0 Å². The fourth-order valence-electron chi connectivity index (χ4n) is 5.35. The number of nitrogens with one attached hydrogen (secondary N) is 5. The van der Waals surface area contributed by atoms with Gasteiger partial charge in [0, 0.05) is 85.4 Å². The van der Waals surface area contributed by atoms with Gasteiger partial charge in [-0.05, 0) is 24.3 Å². The lowest BCUT2D eigenvalue weighted by Crippen LogP contribution is -2.43. The van der Waals surface area contributed by atoms with Crippen molar-refractivity contribution >= 4 is 23.6 Å². The minimum Gasteiger partial charge on any atom is -0.504 e. The molecule has 10 N–H and O–H groups in total. The van der Waals surface area contributed by atoms with Crippen molar-refractivity contribution in [1.82, 2.24) is 40.6 Å². The Balaban J connectivity index is 1.54. The first kappa shape index (κ1) is 48.3. The molecule has 22 heteroatoms. The number of aromatic hydroxyl groups is 4. The number of phenolic OH excluding ortho intramolecular Hbond substituents is 2. The van der Waals surface area contributed by atoms with Crippen LogP contribution in [0.2, 0.25) is 0 Å². The van der Waals surface area contributed by atoms with Crippen LogP contribution in [0.5, 0.6) is 23.0 Å². The second-order valence-corrected chi connectivity index (χ2v) is 13.0. The van der Waals surface area contributed by atoms with Gasteiger partial charge in [0.1, 0.15) is 0 Å². The SMILES string of the molecule is Cn1ccc(C(=O)NCCNCCN(CCNCCNC(=O)c2ccn(C)c(=O)c2O)C(=O)c2ccc(C(=O)NCCOCCOCCOCCO)c(O)c2O)c(O)c1=O. The number of ether oxygens (including phenoxy) is 3. The molecule has 2 heterocycles. The number of carbonyl (C=O) groups excluding carboxylic acids is 4. The lowest BCUT2D eigenvalue weighted by Gasteiger charge is -2.24. The summed E-state index contributed by atoms with van der Waals surface area (Å²) >= 11 is 0. The number of benzene rings is 1. The fraction of sp³-hybridized carbons (Fsp3) is 0.474.